The van der Waals surface area contributed by atoms with Crippen molar-refractivity contribution in [1.82, 2.24) is 4.90 Å². The Labute approximate surface area is 108 Å². The van der Waals surface area contributed by atoms with Crippen molar-refractivity contribution in [1.29, 1.82) is 0 Å². The molecule has 3 N–H and O–H groups in total. The van der Waals surface area contributed by atoms with Crippen LogP contribution < -0.4 is 10.5 Å². The second-order valence-electron chi connectivity index (χ2n) is 5.81. The van der Waals surface area contributed by atoms with E-state index in [0.29, 0.717) is 0 Å². The zero-order valence-corrected chi connectivity index (χ0v) is 11.7. The van der Waals surface area contributed by atoms with Gasteiger partial charge in [-0.3, -0.25) is 4.90 Å². The van der Waals surface area contributed by atoms with E-state index in [1.54, 1.807) is 0 Å². The summed E-state index contributed by atoms with van der Waals surface area (Å²) in [5, 5.41) is 10.5. The van der Waals surface area contributed by atoms with E-state index in [4.69, 9.17) is 10.5 Å². The van der Waals surface area contributed by atoms with Crippen LogP contribution in [0.1, 0.15) is 31.0 Å². The average Bonchev–Trinajstić information content (AvgIpc) is 2.22. The Kier molecular flexibility index (Phi) is 3.03. The minimum Gasteiger partial charge on any atom is -0.485 e. The quantitative estimate of drug-likeness (QED) is 0.745. The van der Waals surface area contributed by atoms with Gasteiger partial charge in [0, 0.05) is 11.3 Å². The number of rotatable bonds is 1. The topological polar surface area (TPSA) is 58.7 Å². The van der Waals surface area contributed by atoms with Crippen molar-refractivity contribution in [3.8, 4) is 5.75 Å². The van der Waals surface area contributed by atoms with E-state index in [1.165, 1.54) is 0 Å². The predicted molar refractivity (Wildman–Crippen MR) is 72.7 cm³/mol. The zero-order valence-electron chi connectivity index (χ0n) is 11.7. The van der Waals surface area contributed by atoms with Gasteiger partial charge in [-0.05, 0) is 52.6 Å². The Balaban J connectivity index is 2.60. The summed E-state index contributed by atoms with van der Waals surface area (Å²) in [5.41, 5.74) is 8.04. The van der Waals surface area contributed by atoms with Crippen LogP contribution in [0.4, 0.5) is 5.69 Å². The first-order valence-electron chi connectivity index (χ1n) is 6.17. The third-order valence-corrected chi connectivity index (χ3v) is 3.66. The number of ether oxygens (including phenoxy) is 1. The fourth-order valence-corrected chi connectivity index (χ4v) is 2.49. The van der Waals surface area contributed by atoms with E-state index in [9.17, 15) is 5.11 Å². The molecule has 4 heteroatoms. The Hall–Kier alpha value is -1.26. The van der Waals surface area contributed by atoms with E-state index in [1.807, 2.05) is 51.9 Å². The van der Waals surface area contributed by atoms with Crippen molar-refractivity contribution in [2.45, 2.75) is 38.5 Å². The molecule has 1 aromatic carbocycles. The van der Waals surface area contributed by atoms with Gasteiger partial charge in [-0.25, -0.2) is 0 Å². The minimum absolute atomic E-state index is 0.105. The highest BCUT2D eigenvalue weighted by atomic mass is 16.5. The van der Waals surface area contributed by atoms with Crippen LogP contribution in [0.25, 0.3) is 0 Å². The molecule has 0 aliphatic carbocycles. The summed E-state index contributed by atoms with van der Waals surface area (Å²) < 4.78 is 5.92. The molecule has 1 heterocycles. The van der Waals surface area contributed by atoms with E-state index >= 15 is 0 Å². The maximum atomic E-state index is 10.5. The SMILES string of the molecule is Cc1cc2c(cc1N)C(N(C)C)C(O)C(C)(C)O2. The van der Waals surface area contributed by atoms with Gasteiger partial charge in [0.15, 0.2) is 0 Å². The van der Waals surface area contributed by atoms with Crippen molar-refractivity contribution in [2.24, 2.45) is 0 Å². The van der Waals surface area contributed by atoms with Crippen molar-refractivity contribution in [3.63, 3.8) is 0 Å². The molecular formula is C14H22N2O2. The number of aryl methyl sites for hydroxylation is 1. The Morgan fingerprint density at radius 2 is 1.94 bits per heavy atom. The first-order valence-corrected chi connectivity index (χ1v) is 6.17. The summed E-state index contributed by atoms with van der Waals surface area (Å²) in [6, 6.07) is 3.76. The molecule has 2 atom stereocenters. The normalized spacial score (nSPS) is 25.7. The first kappa shape index (κ1) is 13.2. The van der Waals surface area contributed by atoms with Crippen LogP contribution >= 0.6 is 0 Å². The Morgan fingerprint density at radius 1 is 1.33 bits per heavy atom. The third-order valence-electron chi connectivity index (χ3n) is 3.66. The number of hydrogen-bond acceptors (Lipinski definition) is 4. The van der Waals surface area contributed by atoms with Gasteiger partial charge < -0.3 is 15.6 Å². The molecule has 1 aliphatic rings. The molecule has 1 aliphatic heterocycles. The molecule has 0 bridgehead atoms. The molecule has 4 nitrogen and oxygen atoms in total. The molecule has 2 rings (SSSR count). The van der Waals surface area contributed by atoms with Crippen molar-refractivity contribution >= 4 is 5.69 Å². The summed E-state index contributed by atoms with van der Waals surface area (Å²) in [4.78, 5) is 2.00. The second-order valence-corrected chi connectivity index (χ2v) is 5.81. The molecule has 18 heavy (non-hydrogen) atoms. The molecule has 0 radical (unpaired) electrons. The number of fused-ring (bicyclic) bond motifs is 1. The molecule has 0 aromatic heterocycles. The Morgan fingerprint density at radius 3 is 2.50 bits per heavy atom. The smallest absolute Gasteiger partial charge is 0.131 e. The highest BCUT2D eigenvalue weighted by Crippen LogP contribution is 2.43. The number of nitrogens with two attached hydrogens (primary N) is 1. The average molecular weight is 250 g/mol. The fraction of sp³-hybridized carbons (Fsp3) is 0.571. The predicted octanol–water partition coefficient (Wildman–Crippen LogP) is 1.71. The van der Waals surface area contributed by atoms with E-state index in [0.717, 1.165) is 22.6 Å². The monoisotopic (exact) mass is 250 g/mol. The number of hydrogen-bond donors (Lipinski definition) is 2. The van der Waals surface area contributed by atoms with Crippen LogP contribution in [0.5, 0.6) is 5.75 Å². The largest absolute Gasteiger partial charge is 0.485 e. The third kappa shape index (κ3) is 1.95. The van der Waals surface area contributed by atoms with Gasteiger partial charge in [0.2, 0.25) is 0 Å². The summed E-state index contributed by atoms with van der Waals surface area (Å²) >= 11 is 0. The van der Waals surface area contributed by atoms with E-state index < -0.39 is 11.7 Å². The molecule has 0 amide bonds. The Bertz CT molecular complexity index is 469. The van der Waals surface area contributed by atoms with Crippen LogP contribution in [0.3, 0.4) is 0 Å². The van der Waals surface area contributed by atoms with Crippen molar-refractivity contribution < 1.29 is 9.84 Å². The highest BCUT2D eigenvalue weighted by molar-refractivity contribution is 5.56. The van der Waals surface area contributed by atoms with Crippen molar-refractivity contribution in [3.05, 3.63) is 23.3 Å². The lowest BCUT2D eigenvalue weighted by Crippen LogP contribution is -2.52. The van der Waals surface area contributed by atoms with Crippen LogP contribution in [0.2, 0.25) is 0 Å². The maximum Gasteiger partial charge on any atom is 0.131 e. The van der Waals surface area contributed by atoms with Gasteiger partial charge in [-0.15, -0.1) is 0 Å². The van der Waals surface area contributed by atoms with Crippen LogP contribution in [-0.2, 0) is 0 Å². The molecule has 2 unspecified atom stereocenters. The van der Waals surface area contributed by atoms with Gasteiger partial charge in [0.05, 0.1) is 6.04 Å². The second kappa shape index (κ2) is 4.14. The zero-order chi connectivity index (χ0) is 13.7. The van der Waals surface area contributed by atoms with Crippen LogP contribution in [0.15, 0.2) is 12.1 Å². The van der Waals surface area contributed by atoms with E-state index in [2.05, 4.69) is 0 Å². The van der Waals surface area contributed by atoms with E-state index in [-0.39, 0.29) is 6.04 Å². The number of aliphatic hydroxyl groups excluding tert-OH is 1. The summed E-state index contributed by atoms with van der Waals surface area (Å²) in [5.74, 6) is 0.815. The first-order chi connectivity index (χ1) is 8.24. The molecule has 0 saturated heterocycles. The lowest BCUT2D eigenvalue weighted by Gasteiger charge is -2.44. The number of likely N-dealkylation sites (N-methyl/N-ethyl adjacent to an activating group) is 1. The number of benzene rings is 1. The lowest BCUT2D eigenvalue weighted by atomic mass is 9.85. The van der Waals surface area contributed by atoms with Gasteiger partial charge in [0.1, 0.15) is 17.5 Å². The lowest BCUT2D eigenvalue weighted by molar-refractivity contribution is -0.0848. The summed E-state index contributed by atoms with van der Waals surface area (Å²) in [6.45, 7) is 5.77. The summed E-state index contributed by atoms with van der Waals surface area (Å²) in [7, 11) is 3.91. The van der Waals surface area contributed by atoms with Crippen LogP contribution in [0, 0.1) is 6.92 Å². The number of nitrogens with zero attached hydrogens (tertiary/aromatic N) is 1. The van der Waals surface area contributed by atoms with Gasteiger partial charge in [0.25, 0.3) is 0 Å². The standard InChI is InChI=1S/C14H22N2O2/c1-8-6-11-9(7-10(8)15)12(16(4)5)13(17)14(2,3)18-11/h6-7,12-13,17H,15H2,1-5H3. The van der Waals surface area contributed by atoms with Crippen molar-refractivity contribution in [2.75, 3.05) is 19.8 Å². The maximum absolute atomic E-state index is 10.5. The van der Waals surface area contributed by atoms with Gasteiger partial charge in [-0.1, -0.05) is 0 Å². The summed E-state index contributed by atoms with van der Waals surface area (Å²) in [6.07, 6.45) is -0.595. The molecule has 100 valence electrons. The molecular weight excluding hydrogens is 228 g/mol. The molecule has 0 saturated carbocycles. The number of nitrogen functional groups attached to an aromatic ring is 1. The fourth-order valence-electron chi connectivity index (χ4n) is 2.49. The van der Waals surface area contributed by atoms with Crippen LogP contribution in [-0.4, -0.2) is 35.8 Å². The molecule has 0 spiro atoms. The highest BCUT2D eigenvalue weighted by Gasteiger charge is 2.43. The van der Waals surface area contributed by atoms with Gasteiger partial charge >= 0.3 is 0 Å². The molecule has 1 aromatic rings. The number of aliphatic hydroxyl groups is 1. The van der Waals surface area contributed by atoms with Gasteiger partial charge in [-0.2, -0.15) is 0 Å². The number of anilines is 1. The minimum atomic E-state index is -0.607. The molecule has 0 fully saturated rings.